The second-order valence-corrected chi connectivity index (χ2v) is 9.13. The minimum atomic E-state index is -3.52. The maximum Gasteiger partial charge on any atom is 0.255 e. The fourth-order valence-corrected chi connectivity index (χ4v) is 4.92. The number of hydrogen-bond acceptors (Lipinski definition) is 3. The molecule has 0 aromatic heterocycles. The Balaban J connectivity index is 1.75. The van der Waals surface area contributed by atoms with Gasteiger partial charge in [0.1, 0.15) is 0 Å². The normalized spacial score (nSPS) is 15.9. The van der Waals surface area contributed by atoms with E-state index in [-0.39, 0.29) is 10.8 Å². The van der Waals surface area contributed by atoms with Crippen LogP contribution in [0.4, 0.5) is 5.69 Å². The summed E-state index contributed by atoms with van der Waals surface area (Å²) in [5, 5.41) is 3.21. The van der Waals surface area contributed by atoms with Crippen molar-refractivity contribution in [3.8, 4) is 0 Å². The van der Waals surface area contributed by atoms with Crippen LogP contribution in [0.15, 0.2) is 47.4 Å². The molecule has 1 fully saturated rings. The molecule has 2 aromatic rings. The first-order chi connectivity index (χ1) is 12.9. The molecule has 2 aromatic carbocycles. The van der Waals surface area contributed by atoms with Gasteiger partial charge in [-0.3, -0.25) is 4.79 Å². The zero-order valence-corrected chi connectivity index (χ0v) is 16.8. The number of hydrogen-bond donors (Lipinski definition) is 1. The predicted molar refractivity (Wildman–Crippen MR) is 108 cm³/mol. The quantitative estimate of drug-likeness (QED) is 0.814. The summed E-state index contributed by atoms with van der Waals surface area (Å²) in [5.74, 6) is -0.334. The third-order valence-electron chi connectivity index (χ3n) is 4.69. The Morgan fingerprint density at radius 1 is 1.00 bits per heavy atom. The molecule has 1 N–H and O–H groups in total. The van der Waals surface area contributed by atoms with E-state index in [2.05, 4.69) is 5.32 Å². The monoisotopic (exact) mass is 406 g/mol. The van der Waals surface area contributed by atoms with Gasteiger partial charge in [0.05, 0.1) is 15.6 Å². The van der Waals surface area contributed by atoms with Crippen molar-refractivity contribution < 1.29 is 13.2 Å². The van der Waals surface area contributed by atoms with E-state index in [1.54, 1.807) is 16.4 Å². The standard InChI is InChI=1S/C20H23ClN2O3S/c1-15-6-11-19(18(21)14-15)22-20(24)16-7-9-17(10-8-16)27(25,26)23-12-4-2-3-5-13-23/h6-11,14H,2-5,12-13H2,1H3,(H,22,24). The molecule has 0 saturated carbocycles. The highest BCUT2D eigenvalue weighted by Crippen LogP contribution is 2.24. The Morgan fingerprint density at radius 3 is 2.22 bits per heavy atom. The number of halogens is 1. The van der Waals surface area contributed by atoms with Gasteiger partial charge < -0.3 is 5.32 Å². The van der Waals surface area contributed by atoms with Gasteiger partial charge in [-0.1, -0.05) is 30.5 Å². The lowest BCUT2D eigenvalue weighted by Gasteiger charge is -2.20. The van der Waals surface area contributed by atoms with Gasteiger partial charge in [0.2, 0.25) is 10.0 Å². The van der Waals surface area contributed by atoms with Crippen LogP contribution < -0.4 is 5.32 Å². The largest absolute Gasteiger partial charge is 0.321 e. The molecule has 1 amide bonds. The molecular formula is C20H23ClN2O3S. The predicted octanol–water partition coefficient (Wildman–Crippen LogP) is 4.47. The summed E-state index contributed by atoms with van der Waals surface area (Å²) in [6.45, 7) is 3.02. The van der Waals surface area contributed by atoms with Crippen LogP contribution in [-0.4, -0.2) is 31.7 Å². The van der Waals surface area contributed by atoms with Gasteiger partial charge in [-0.2, -0.15) is 4.31 Å². The van der Waals surface area contributed by atoms with Crippen molar-refractivity contribution in [2.45, 2.75) is 37.5 Å². The van der Waals surface area contributed by atoms with E-state index in [9.17, 15) is 13.2 Å². The van der Waals surface area contributed by atoms with Crippen LogP contribution in [0.3, 0.4) is 0 Å². The first kappa shape index (κ1) is 19.9. The lowest BCUT2D eigenvalue weighted by molar-refractivity contribution is 0.102. The van der Waals surface area contributed by atoms with E-state index in [0.29, 0.717) is 29.4 Å². The number of benzene rings is 2. The summed E-state index contributed by atoms with van der Waals surface area (Å²) >= 11 is 6.15. The number of anilines is 1. The van der Waals surface area contributed by atoms with Gasteiger partial charge >= 0.3 is 0 Å². The molecule has 0 atom stereocenters. The Morgan fingerprint density at radius 2 is 1.63 bits per heavy atom. The van der Waals surface area contributed by atoms with Crippen LogP contribution in [0.5, 0.6) is 0 Å². The minimum absolute atomic E-state index is 0.217. The second-order valence-electron chi connectivity index (χ2n) is 6.78. The fraction of sp³-hybridized carbons (Fsp3) is 0.350. The molecule has 27 heavy (non-hydrogen) atoms. The molecule has 1 aliphatic heterocycles. The van der Waals surface area contributed by atoms with Crippen molar-refractivity contribution in [2.75, 3.05) is 18.4 Å². The first-order valence-electron chi connectivity index (χ1n) is 9.05. The Kier molecular flexibility index (Phi) is 6.19. The van der Waals surface area contributed by atoms with Gasteiger partial charge in [0.15, 0.2) is 0 Å². The van der Waals surface area contributed by atoms with Crippen LogP contribution in [0.25, 0.3) is 0 Å². The summed E-state index contributed by atoms with van der Waals surface area (Å²) < 4.78 is 27.1. The third-order valence-corrected chi connectivity index (χ3v) is 6.92. The number of carbonyl (C=O) groups is 1. The summed E-state index contributed by atoms with van der Waals surface area (Å²) in [4.78, 5) is 12.6. The maximum atomic E-state index is 12.8. The third kappa shape index (κ3) is 4.69. The van der Waals surface area contributed by atoms with Gasteiger partial charge in [0, 0.05) is 18.7 Å². The molecular weight excluding hydrogens is 384 g/mol. The average Bonchev–Trinajstić information content (AvgIpc) is 2.94. The number of nitrogens with one attached hydrogen (secondary N) is 1. The minimum Gasteiger partial charge on any atom is -0.321 e. The van der Waals surface area contributed by atoms with Crippen molar-refractivity contribution >= 4 is 33.2 Å². The van der Waals surface area contributed by atoms with Crippen molar-refractivity contribution in [3.05, 3.63) is 58.6 Å². The highest BCUT2D eigenvalue weighted by molar-refractivity contribution is 7.89. The number of aryl methyl sites for hydroxylation is 1. The summed E-state index contributed by atoms with van der Waals surface area (Å²) in [5.41, 5.74) is 1.90. The molecule has 1 heterocycles. The van der Waals surface area contributed by atoms with E-state index < -0.39 is 10.0 Å². The number of carbonyl (C=O) groups excluding carboxylic acids is 1. The molecule has 7 heteroatoms. The van der Waals surface area contributed by atoms with Crippen LogP contribution in [0.2, 0.25) is 5.02 Å². The zero-order chi connectivity index (χ0) is 19.4. The lowest BCUT2D eigenvalue weighted by Crippen LogP contribution is -2.31. The topological polar surface area (TPSA) is 66.5 Å². The molecule has 144 valence electrons. The summed E-state index contributed by atoms with van der Waals surface area (Å²) in [6, 6.07) is 11.4. The molecule has 5 nitrogen and oxygen atoms in total. The highest BCUT2D eigenvalue weighted by atomic mass is 35.5. The van der Waals surface area contributed by atoms with E-state index in [0.717, 1.165) is 31.2 Å². The number of rotatable bonds is 4. The molecule has 3 rings (SSSR count). The highest BCUT2D eigenvalue weighted by Gasteiger charge is 2.25. The average molecular weight is 407 g/mol. The molecule has 0 spiro atoms. The van der Waals surface area contributed by atoms with Crippen LogP contribution in [-0.2, 0) is 10.0 Å². The molecule has 0 bridgehead atoms. The lowest BCUT2D eigenvalue weighted by atomic mass is 10.2. The Labute approximate surface area is 165 Å². The summed E-state index contributed by atoms with van der Waals surface area (Å²) in [6.07, 6.45) is 3.90. The first-order valence-corrected chi connectivity index (χ1v) is 10.9. The molecule has 0 unspecified atom stereocenters. The Bertz CT molecular complexity index is 919. The maximum absolute atomic E-state index is 12.8. The Hall–Kier alpha value is -1.89. The van der Waals surface area contributed by atoms with E-state index >= 15 is 0 Å². The number of sulfonamides is 1. The van der Waals surface area contributed by atoms with Crippen molar-refractivity contribution in [3.63, 3.8) is 0 Å². The molecule has 0 aliphatic carbocycles. The van der Waals surface area contributed by atoms with Gasteiger partial charge in [-0.25, -0.2) is 8.42 Å². The number of amides is 1. The molecule has 1 aliphatic rings. The SMILES string of the molecule is Cc1ccc(NC(=O)c2ccc(S(=O)(=O)N3CCCCCC3)cc2)c(Cl)c1. The smallest absolute Gasteiger partial charge is 0.255 e. The van der Waals surface area contributed by atoms with Crippen molar-refractivity contribution in [1.29, 1.82) is 0 Å². The van der Waals surface area contributed by atoms with E-state index in [1.807, 2.05) is 13.0 Å². The van der Waals surface area contributed by atoms with Gasteiger partial charge in [-0.15, -0.1) is 0 Å². The second kappa shape index (κ2) is 8.42. The molecule has 1 saturated heterocycles. The summed E-state index contributed by atoms with van der Waals surface area (Å²) in [7, 11) is -3.52. The van der Waals surface area contributed by atoms with Crippen LogP contribution >= 0.6 is 11.6 Å². The van der Waals surface area contributed by atoms with Crippen LogP contribution in [0, 0.1) is 6.92 Å². The van der Waals surface area contributed by atoms with Gasteiger partial charge in [0.25, 0.3) is 5.91 Å². The molecule has 0 radical (unpaired) electrons. The fourth-order valence-electron chi connectivity index (χ4n) is 3.13. The van der Waals surface area contributed by atoms with Gasteiger partial charge in [-0.05, 0) is 61.7 Å². The zero-order valence-electron chi connectivity index (χ0n) is 15.2. The van der Waals surface area contributed by atoms with E-state index in [4.69, 9.17) is 11.6 Å². The van der Waals surface area contributed by atoms with Crippen LogP contribution in [0.1, 0.15) is 41.6 Å². The van der Waals surface area contributed by atoms with Crippen molar-refractivity contribution in [2.24, 2.45) is 0 Å². The van der Waals surface area contributed by atoms with Crippen molar-refractivity contribution in [1.82, 2.24) is 4.31 Å². The van der Waals surface area contributed by atoms with E-state index in [1.165, 1.54) is 24.3 Å². The number of nitrogens with zero attached hydrogens (tertiary/aromatic N) is 1.